The van der Waals surface area contributed by atoms with Crippen LogP contribution in [-0.4, -0.2) is 0 Å². The third kappa shape index (κ3) is 2.39. The second-order valence-electron chi connectivity index (χ2n) is 3.89. The fourth-order valence-corrected chi connectivity index (χ4v) is 1.72. The molecule has 1 atom stereocenters. The quantitative estimate of drug-likeness (QED) is 0.852. The van der Waals surface area contributed by atoms with Crippen molar-refractivity contribution in [3.05, 3.63) is 52.9 Å². The van der Waals surface area contributed by atoms with Crippen LogP contribution in [0.15, 0.2) is 41.2 Å². The summed E-state index contributed by atoms with van der Waals surface area (Å²) < 4.78 is 5.05. The van der Waals surface area contributed by atoms with Crippen molar-refractivity contribution in [1.82, 2.24) is 0 Å². The minimum atomic E-state index is 0.206. The molecule has 0 spiro atoms. The molecule has 84 valence electrons. The minimum Gasteiger partial charge on any atom is -0.472 e. The topological polar surface area (TPSA) is 25.2 Å². The van der Waals surface area contributed by atoms with Gasteiger partial charge in [0.05, 0.1) is 18.6 Å². The van der Waals surface area contributed by atoms with E-state index < -0.39 is 0 Å². The highest BCUT2D eigenvalue weighted by molar-refractivity contribution is 6.31. The van der Waals surface area contributed by atoms with Gasteiger partial charge in [-0.3, -0.25) is 0 Å². The van der Waals surface area contributed by atoms with Crippen LogP contribution in [0.3, 0.4) is 0 Å². The van der Waals surface area contributed by atoms with Crippen molar-refractivity contribution in [2.45, 2.75) is 19.9 Å². The van der Waals surface area contributed by atoms with E-state index in [1.54, 1.807) is 12.5 Å². The fraction of sp³-hybridized carbons (Fsp3) is 0.231. The van der Waals surface area contributed by atoms with Gasteiger partial charge < -0.3 is 9.73 Å². The van der Waals surface area contributed by atoms with Crippen molar-refractivity contribution in [3.8, 4) is 0 Å². The van der Waals surface area contributed by atoms with E-state index in [2.05, 4.69) is 12.2 Å². The van der Waals surface area contributed by atoms with E-state index >= 15 is 0 Å². The molecule has 0 amide bonds. The Morgan fingerprint density at radius 3 is 2.75 bits per heavy atom. The van der Waals surface area contributed by atoms with Crippen LogP contribution in [0.1, 0.15) is 24.1 Å². The Bertz CT molecular complexity index is 465. The lowest BCUT2D eigenvalue weighted by Gasteiger charge is -2.14. The van der Waals surface area contributed by atoms with E-state index in [-0.39, 0.29) is 6.04 Å². The van der Waals surface area contributed by atoms with Gasteiger partial charge in [0.15, 0.2) is 0 Å². The van der Waals surface area contributed by atoms with Gasteiger partial charge in [-0.05, 0) is 37.6 Å². The molecule has 0 aliphatic heterocycles. The summed E-state index contributed by atoms with van der Waals surface area (Å²) in [5.74, 6) is 0. The number of hydrogen-bond donors (Lipinski definition) is 1. The molecule has 1 N–H and O–H groups in total. The molecule has 2 nitrogen and oxygen atoms in total. The second-order valence-corrected chi connectivity index (χ2v) is 4.29. The van der Waals surface area contributed by atoms with Crippen molar-refractivity contribution in [1.29, 1.82) is 0 Å². The van der Waals surface area contributed by atoms with Crippen LogP contribution in [0.25, 0.3) is 0 Å². The van der Waals surface area contributed by atoms with E-state index in [9.17, 15) is 0 Å². The minimum absolute atomic E-state index is 0.206. The monoisotopic (exact) mass is 235 g/mol. The third-order valence-electron chi connectivity index (χ3n) is 2.60. The standard InChI is InChI=1S/C13H14ClNO/c1-9-3-4-12(7-13(9)14)15-10(2)11-5-6-16-8-11/h3-8,10,15H,1-2H3. The SMILES string of the molecule is Cc1ccc(NC(C)c2ccoc2)cc1Cl. The lowest BCUT2D eigenvalue weighted by molar-refractivity contribution is 0.562. The average Bonchev–Trinajstić information content (AvgIpc) is 2.77. The van der Waals surface area contributed by atoms with Crippen LogP contribution in [0.4, 0.5) is 5.69 Å². The molecule has 16 heavy (non-hydrogen) atoms. The molecule has 2 aromatic rings. The number of rotatable bonds is 3. The first kappa shape index (κ1) is 11.1. The molecule has 0 saturated heterocycles. The Hall–Kier alpha value is -1.41. The fourth-order valence-electron chi connectivity index (χ4n) is 1.54. The first-order chi connectivity index (χ1) is 7.66. The summed E-state index contributed by atoms with van der Waals surface area (Å²) in [4.78, 5) is 0. The predicted octanol–water partition coefficient (Wildman–Crippen LogP) is 4.41. The average molecular weight is 236 g/mol. The van der Waals surface area contributed by atoms with Gasteiger partial charge in [-0.1, -0.05) is 17.7 Å². The predicted molar refractivity (Wildman–Crippen MR) is 66.9 cm³/mol. The Kier molecular flexibility index (Phi) is 3.20. The van der Waals surface area contributed by atoms with Gasteiger partial charge >= 0.3 is 0 Å². The molecule has 1 aromatic heterocycles. The number of anilines is 1. The van der Waals surface area contributed by atoms with E-state index in [1.165, 1.54) is 0 Å². The molecule has 0 fully saturated rings. The van der Waals surface area contributed by atoms with Crippen LogP contribution in [0, 0.1) is 6.92 Å². The number of hydrogen-bond acceptors (Lipinski definition) is 2. The van der Waals surface area contributed by atoms with Crippen molar-refractivity contribution < 1.29 is 4.42 Å². The normalized spacial score (nSPS) is 12.4. The molecule has 3 heteroatoms. The first-order valence-electron chi connectivity index (χ1n) is 5.21. The maximum atomic E-state index is 6.06. The summed E-state index contributed by atoms with van der Waals surface area (Å²) >= 11 is 6.06. The lowest BCUT2D eigenvalue weighted by atomic mass is 10.1. The lowest BCUT2D eigenvalue weighted by Crippen LogP contribution is -2.05. The molecule has 1 unspecified atom stereocenters. The van der Waals surface area contributed by atoms with Crippen molar-refractivity contribution in [2.75, 3.05) is 5.32 Å². The van der Waals surface area contributed by atoms with Gasteiger partial charge in [-0.2, -0.15) is 0 Å². The van der Waals surface area contributed by atoms with Crippen molar-refractivity contribution in [3.63, 3.8) is 0 Å². The van der Waals surface area contributed by atoms with Crippen LogP contribution >= 0.6 is 11.6 Å². The van der Waals surface area contributed by atoms with Crippen LogP contribution < -0.4 is 5.32 Å². The van der Waals surface area contributed by atoms with Gasteiger partial charge in [-0.25, -0.2) is 0 Å². The van der Waals surface area contributed by atoms with Gasteiger partial charge in [-0.15, -0.1) is 0 Å². The Morgan fingerprint density at radius 1 is 1.31 bits per heavy atom. The van der Waals surface area contributed by atoms with E-state index in [0.29, 0.717) is 0 Å². The summed E-state index contributed by atoms with van der Waals surface area (Å²) in [6.07, 6.45) is 3.42. The number of furan rings is 1. The highest BCUT2D eigenvalue weighted by Gasteiger charge is 2.06. The number of benzene rings is 1. The van der Waals surface area contributed by atoms with Crippen LogP contribution in [-0.2, 0) is 0 Å². The first-order valence-corrected chi connectivity index (χ1v) is 5.59. The third-order valence-corrected chi connectivity index (χ3v) is 3.01. The summed E-state index contributed by atoms with van der Waals surface area (Å²) in [6, 6.07) is 8.13. The Balaban J connectivity index is 2.12. The van der Waals surface area contributed by atoms with Gasteiger partial charge in [0.25, 0.3) is 0 Å². The number of nitrogens with one attached hydrogen (secondary N) is 1. The van der Waals surface area contributed by atoms with Crippen LogP contribution in [0.2, 0.25) is 5.02 Å². The van der Waals surface area contributed by atoms with Crippen molar-refractivity contribution >= 4 is 17.3 Å². The Labute approximate surface area is 100 Å². The van der Waals surface area contributed by atoms with Gasteiger partial charge in [0.2, 0.25) is 0 Å². The smallest absolute Gasteiger partial charge is 0.0955 e. The largest absolute Gasteiger partial charge is 0.472 e. The second kappa shape index (κ2) is 4.62. The zero-order valence-electron chi connectivity index (χ0n) is 9.33. The molecule has 2 rings (SSSR count). The molecular weight excluding hydrogens is 222 g/mol. The van der Waals surface area contributed by atoms with Gasteiger partial charge in [0.1, 0.15) is 0 Å². The molecule has 0 aliphatic rings. The van der Waals surface area contributed by atoms with Crippen molar-refractivity contribution in [2.24, 2.45) is 0 Å². The number of halogens is 1. The zero-order chi connectivity index (χ0) is 11.5. The zero-order valence-corrected chi connectivity index (χ0v) is 10.1. The van der Waals surface area contributed by atoms with Gasteiger partial charge in [0, 0.05) is 16.3 Å². The van der Waals surface area contributed by atoms with E-state index in [1.807, 2.05) is 31.2 Å². The Morgan fingerprint density at radius 2 is 2.12 bits per heavy atom. The number of aryl methyl sites for hydroxylation is 1. The molecule has 0 bridgehead atoms. The summed E-state index contributed by atoms with van der Waals surface area (Å²) in [5, 5.41) is 4.15. The van der Waals surface area contributed by atoms with Crippen LogP contribution in [0.5, 0.6) is 0 Å². The van der Waals surface area contributed by atoms with E-state index in [4.69, 9.17) is 16.0 Å². The van der Waals surface area contributed by atoms with E-state index in [0.717, 1.165) is 21.8 Å². The molecule has 0 aliphatic carbocycles. The maximum absolute atomic E-state index is 6.06. The molecule has 1 heterocycles. The summed E-state index contributed by atoms with van der Waals surface area (Å²) in [7, 11) is 0. The molecule has 1 aromatic carbocycles. The molecular formula is C13H14ClNO. The summed E-state index contributed by atoms with van der Waals surface area (Å²) in [5.41, 5.74) is 3.23. The summed E-state index contributed by atoms with van der Waals surface area (Å²) in [6.45, 7) is 4.07. The highest BCUT2D eigenvalue weighted by atomic mass is 35.5. The molecule has 0 radical (unpaired) electrons. The molecule has 0 saturated carbocycles. The highest BCUT2D eigenvalue weighted by Crippen LogP contribution is 2.24. The maximum Gasteiger partial charge on any atom is 0.0955 e.